The van der Waals surface area contributed by atoms with E-state index >= 15 is 0 Å². The number of aryl methyl sites for hydroxylation is 2. The molecule has 0 radical (unpaired) electrons. The molecular weight excluding hydrogens is 384 g/mol. The van der Waals surface area contributed by atoms with Crippen LogP contribution in [0.3, 0.4) is 0 Å². The highest BCUT2D eigenvalue weighted by molar-refractivity contribution is 7.99. The van der Waals surface area contributed by atoms with Crippen molar-refractivity contribution in [3.8, 4) is 5.69 Å². The van der Waals surface area contributed by atoms with Crippen molar-refractivity contribution in [1.29, 1.82) is 0 Å². The number of nitrogens with zero attached hydrogens (tertiary/aromatic N) is 4. The average Bonchev–Trinajstić information content (AvgIpc) is 3.17. The van der Waals surface area contributed by atoms with Gasteiger partial charge >= 0.3 is 0 Å². The summed E-state index contributed by atoms with van der Waals surface area (Å²) < 4.78 is 7.10. The molecule has 2 heterocycles. The van der Waals surface area contributed by atoms with E-state index in [0.717, 1.165) is 24.1 Å². The van der Waals surface area contributed by atoms with Gasteiger partial charge < -0.3 is 4.52 Å². The zero-order valence-corrected chi connectivity index (χ0v) is 17.4. The summed E-state index contributed by atoms with van der Waals surface area (Å²) in [6.07, 6.45) is 1.74. The maximum absolute atomic E-state index is 13.3. The first kappa shape index (κ1) is 19.4. The summed E-state index contributed by atoms with van der Waals surface area (Å²) in [5.74, 6) is 1.24. The molecule has 0 fully saturated rings. The van der Waals surface area contributed by atoms with Gasteiger partial charge in [-0.3, -0.25) is 9.36 Å². The molecule has 1 atom stereocenters. The predicted molar refractivity (Wildman–Crippen MR) is 115 cm³/mol. The van der Waals surface area contributed by atoms with Gasteiger partial charge in [-0.2, -0.15) is 4.98 Å². The van der Waals surface area contributed by atoms with Gasteiger partial charge in [0.2, 0.25) is 5.89 Å². The van der Waals surface area contributed by atoms with Crippen molar-refractivity contribution in [2.24, 2.45) is 0 Å². The Kier molecular flexibility index (Phi) is 5.49. The smallest absolute Gasteiger partial charge is 0.266 e. The van der Waals surface area contributed by atoms with Crippen molar-refractivity contribution in [1.82, 2.24) is 19.7 Å². The van der Waals surface area contributed by atoms with Crippen molar-refractivity contribution in [2.45, 2.75) is 44.0 Å². The molecule has 6 nitrogen and oxygen atoms in total. The zero-order valence-electron chi connectivity index (χ0n) is 16.6. The normalized spacial score (nSPS) is 12.4. The molecule has 0 aliphatic rings. The van der Waals surface area contributed by atoms with Gasteiger partial charge in [-0.15, -0.1) is 0 Å². The maximum atomic E-state index is 13.3. The maximum Gasteiger partial charge on any atom is 0.266 e. The van der Waals surface area contributed by atoms with E-state index in [9.17, 15) is 4.79 Å². The van der Waals surface area contributed by atoms with E-state index in [0.29, 0.717) is 27.8 Å². The SMILES string of the molecule is CCCc1noc(C(C)Sc2nc3ccccc3c(=O)n2-c2cccc(C)c2)n1. The molecule has 0 N–H and O–H groups in total. The van der Waals surface area contributed by atoms with Crippen molar-refractivity contribution >= 4 is 22.7 Å². The second-order valence-corrected chi connectivity index (χ2v) is 8.26. The minimum Gasteiger partial charge on any atom is -0.338 e. The summed E-state index contributed by atoms with van der Waals surface area (Å²) in [5.41, 5.74) is 2.45. The Balaban J connectivity index is 1.81. The van der Waals surface area contributed by atoms with Crippen LogP contribution in [0.5, 0.6) is 0 Å². The predicted octanol–water partition coefficient (Wildman–Crippen LogP) is 4.88. The standard InChI is InChI=1S/C22H22N4O2S/c1-4-8-19-24-20(28-25-19)15(3)29-22-23-18-12-6-5-11-17(18)21(27)26(22)16-10-7-9-14(2)13-16/h5-7,9-13,15H,4,8H2,1-3H3. The second-order valence-electron chi connectivity index (χ2n) is 6.95. The molecule has 4 rings (SSSR count). The number of thioether (sulfide) groups is 1. The number of para-hydroxylation sites is 1. The van der Waals surface area contributed by atoms with Crippen LogP contribution in [0.1, 0.15) is 42.8 Å². The number of hydrogen-bond acceptors (Lipinski definition) is 6. The molecule has 1 unspecified atom stereocenters. The second kappa shape index (κ2) is 8.21. The first-order chi connectivity index (χ1) is 14.1. The van der Waals surface area contributed by atoms with Crippen LogP contribution in [0, 0.1) is 6.92 Å². The van der Waals surface area contributed by atoms with Crippen LogP contribution in [0.15, 0.2) is 63.0 Å². The van der Waals surface area contributed by atoms with Gasteiger partial charge in [-0.05, 0) is 50.1 Å². The molecule has 148 valence electrons. The van der Waals surface area contributed by atoms with Crippen LogP contribution in [-0.4, -0.2) is 19.7 Å². The lowest BCUT2D eigenvalue weighted by molar-refractivity contribution is 0.374. The fourth-order valence-corrected chi connectivity index (χ4v) is 4.11. The highest BCUT2D eigenvalue weighted by atomic mass is 32.2. The Morgan fingerprint density at radius 2 is 1.97 bits per heavy atom. The van der Waals surface area contributed by atoms with Crippen LogP contribution >= 0.6 is 11.8 Å². The van der Waals surface area contributed by atoms with Gasteiger partial charge in [0, 0.05) is 6.42 Å². The summed E-state index contributed by atoms with van der Waals surface area (Å²) in [5, 5.41) is 5.09. The molecule has 29 heavy (non-hydrogen) atoms. The van der Waals surface area contributed by atoms with Crippen molar-refractivity contribution < 1.29 is 4.52 Å². The quantitative estimate of drug-likeness (QED) is 0.335. The van der Waals surface area contributed by atoms with Crippen molar-refractivity contribution in [3.05, 3.63) is 76.2 Å². The number of hydrogen-bond donors (Lipinski definition) is 0. The fourth-order valence-electron chi connectivity index (χ4n) is 3.15. The van der Waals surface area contributed by atoms with Crippen LogP contribution in [0.2, 0.25) is 0 Å². The van der Waals surface area contributed by atoms with Gasteiger partial charge in [0.15, 0.2) is 11.0 Å². The van der Waals surface area contributed by atoms with Crippen LogP contribution in [-0.2, 0) is 6.42 Å². The molecule has 2 aromatic heterocycles. The van der Waals surface area contributed by atoms with E-state index in [1.165, 1.54) is 11.8 Å². The third-order valence-corrected chi connectivity index (χ3v) is 5.63. The summed E-state index contributed by atoms with van der Waals surface area (Å²) >= 11 is 1.44. The van der Waals surface area contributed by atoms with Crippen molar-refractivity contribution in [3.63, 3.8) is 0 Å². The highest BCUT2D eigenvalue weighted by Gasteiger charge is 2.20. The van der Waals surface area contributed by atoms with Gasteiger partial charge in [0.1, 0.15) is 0 Å². The summed E-state index contributed by atoms with van der Waals surface area (Å²) in [6, 6.07) is 15.3. The molecule has 2 aromatic carbocycles. The van der Waals surface area contributed by atoms with E-state index in [-0.39, 0.29) is 10.8 Å². The van der Waals surface area contributed by atoms with E-state index in [1.807, 2.05) is 62.4 Å². The van der Waals surface area contributed by atoms with Crippen LogP contribution < -0.4 is 5.56 Å². The minimum absolute atomic E-state index is 0.0897. The molecule has 0 aliphatic carbocycles. The fraction of sp³-hybridized carbons (Fsp3) is 0.273. The minimum atomic E-state index is -0.141. The van der Waals surface area contributed by atoms with E-state index < -0.39 is 0 Å². The third kappa shape index (κ3) is 3.96. The van der Waals surface area contributed by atoms with Crippen LogP contribution in [0.4, 0.5) is 0 Å². The summed E-state index contributed by atoms with van der Waals surface area (Å²) in [4.78, 5) is 22.6. The molecule has 0 spiro atoms. The number of benzene rings is 2. The monoisotopic (exact) mass is 406 g/mol. The summed E-state index contributed by atoms with van der Waals surface area (Å²) in [6.45, 7) is 6.07. The summed E-state index contributed by atoms with van der Waals surface area (Å²) in [7, 11) is 0. The lowest BCUT2D eigenvalue weighted by atomic mass is 10.2. The lowest BCUT2D eigenvalue weighted by Gasteiger charge is -2.15. The first-order valence-corrected chi connectivity index (χ1v) is 10.5. The Morgan fingerprint density at radius 1 is 1.14 bits per heavy atom. The van der Waals surface area contributed by atoms with Gasteiger partial charge in [-0.1, -0.05) is 48.1 Å². The Bertz CT molecular complexity index is 1210. The molecule has 7 heteroatoms. The number of rotatable bonds is 6. The number of fused-ring (bicyclic) bond motifs is 1. The topological polar surface area (TPSA) is 73.8 Å². The lowest BCUT2D eigenvalue weighted by Crippen LogP contribution is -2.22. The highest BCUT2D eigenvalue weighted by Crippen LogP contribution is 2.34. The molecule has 0 aliphatic heterocycles. The van der Waals surface area contributed by atoms with Crippen molar-refractivity contribution in [2.75, 3.05) is 0 Å². The molecule has 4 aromatic rings. The van der Waals surface area contributed by atoms with Gasteiger partial charge in [0.25, 0.3) is 5.56 Å². The van der Waals surface area contributed by atoms with Crippen LogP contribution in [0.25, 0.3) is 16.6 Å². The average molecular weight is 407 g/mol. The Morgan fingerprint density at radius 3 is 2.76 bits per heavy atom. The van der Waals surface area contributed by atoms with Gasteiger partial charge in [0.05, 0.1) is 21.8 Å². The third-order valence-electron chi connectivity index (χ3n) is 4.59. The molecular formula is C22H22N4O2S. The van der Waals surface area contributed by atoms with E-state index in [1.54, 1.807) is 4.57 Å². The molecule has 0 saturated carbocycles. The molecule has 0 amide bonds. The molecule has 0 bridgehead atoms. The zero-order chi connectivity index (χ0) is 20.4. The number of aromatic nitrogens is 4. The Hall–Kier alpha value is -2.93. The first-order valence-electron chi connectivity index (χ1n) is 9.64. The van der Waals surface area contributed by atoms with Gasteiger partial charge in [-0.25, -0.2) is 4.98 Å². The largest absolute Gasteiger partial charge is 0.338 e. The molecule has 0 saturated heterocycles. The Labute approximate surface area is 173 Å². The van der Waals surface area contributed by atoms with E-state index in [4.69, 9.17) is 9.51 Å². The van der Waals surface area contributed by atoms with E-state index in [2.05, 4.69) is 17.1 Å².